The highest BCUT2D eigenvalue weighted by atomic mass is 32.1. The highest BCUT2D eigenvalue weighted by Crippen LogP contribution is 2.20. The topological polar surface area (TPSA) is 48.4 Å². The van der Waals surface area contributed by atoms with Gasteiger partial charge in [-0.15, -0.1) is 11.3 Å². The van der Waals surface area contributed by atoms with E-state index in [0.717, 1.165) is 60.9 Å². The zero-order valence-electron chi connectivity index (χ0n) is 20.0. The van der Waals surface area contributed by atoms with Gasteiger partial charge in [0.2, 0.25) is 0 Å². The Bertz CT molecular complexity index is 691. The van der Waals surface area contributed by atoms with Gasteiger partial charge in [-0.3, -0.25) is 0 Å². The van der Waals surface area contributed by atoms with Crippen molar-refractivity contribution in [2.45, 2.75) is 85.2 Å². The molecule has 0 saturated carbocycles. The van der Waals surface area contributed by atoms with Crippen LogP contribution in [0.1, 0.15) is 57.2 Å². The Morgan fingerprint density at radius 2 is 2.03 bits per heavy atom. The summed E-state index contributed by atoms with van der Waals surface area (Å²) in [7, 11) is -1.09. The van der Waals surface area contributed by atoms with Crippen molar-refractivity contribution in [1.82, 2.24) is 4.98 Å². The van der Waals surface area contributed by atoms with Gasteiger partial charge in [-0.05, 0) is 64.1 Å². The summed E-state index contributed by atoms with van der Waals surface area (Å²) in [6.45, 7) is 16.4. The second-order valence-corrected chi connectivity index (χ2v) is 16.1. The third-order valence-electron chi connectivity index (χ3n) is 5.01. The first-order chi connectivity index (χ1) is 14.1. The highest BCUT2D eigenvalue weighted by Gasteiger charge is 2.14. The first-order valence-corrected chi connectivity index (χ1v) is 15.6. The summed E-state index contributed by atoms with van der Waals surface area (Å²) in [5, 5.41) is 3.15. The molecule has 1 aromatic heterocycles. The number of thiazole rings is 1. The standard InChI is InChI=1S/C24H41NO3SSi/c1-19(9-8-10-20(2)16-26)11-12-24(28-18-27-13-14-30(5,6)7)21(3)15-23-17-29-22(4)25-23/h11,15-17,20,24H,8-10,12-14,18H2,1-7H3/t20-,24-/m0/s1. The monoisotopic (exact) mass is 451 g/mol. The summed E-state index contributed by atoms with van der Waals surface area (Å²) in [6, 6.07) is 1.15. The number of hydrogen-bond acceptors (Lipinski definition) is 5. The van der Waals surface area contributed by atoms with Gasteiger partial charge in [-0.2, -0.15) is 0 Å². The van der Waals surface area contributed by atoms with Crippen LogP contribution in [-0.2, 0) is 14.3 Å². The fourth-order valence-electron chi connectivity index (χ4n) is 2.91. The number of rotatable bonds is 15. The molecular formula is C24H41NO3SSi. The summed E-state index contributed by atoms with van der Waals surface area (Å²) in [4.78, 5) is 15.3. The molecule has 0 aliphatic carbocycles. The number of carbonyl (C=O) groups excluding carboxylic acids is 1. The van der Waals surface area contributed by atoms with E-state index >= 15 is 0 Å². The second kappa shape index (κ2) is 14.1. The molecule has 0 unspecified atom stereocenters. The number of aldehydes is 1. The van der Waals surface area contributed by atoms with Gasteiger partial charge in [-0.25, -0.2) is 4.98 Å². The van der Waals surface area contributed by atoms with E-state index < -0.39 is 8.07 Å². The van der Waals surface area contributed by atoms with Gasteiger partial charge in [0.25, 0.3) is 0 Å². The Hall–Kier alpha value is -1.08. The molecule has 0 saturated heterocycles. The van der Waals surface area contributed by atoms with E-state index in [9.17, 15) is 4.79 Å². The summed E-state index contributed by atoms with van der Waals surface area (Å²) in [6.07, 6.45) is 9.22. The van der Waals surface area contributed by atoms with Gasteiger partial charge in [0.15, 0.2) is 0 Å². The molecule has 6 heteroatoms. The van der Waals surface area contributed by atoms with Gasteiger partial charge < -0.3 is 14.3 Å². The number of aromatic nitrogens is 1. The maximum atomic E-state index is 10.8. The van der Waals surface area contributed by atoms with Crippen molar-refractivity contribution in [2.75, 3.05) is 13.4 Å². The van der Waals surface area contributed by atoms with Crippen molar-refractivity contribution in [3.05, 3.63) is 33.3 Å². The minimum atomic E-state index is -1.09. The lowest BCUT2D eigenvalue weighted by molar-refractivity contribution is -0.110. The fraction of sp³-hybridized carbons (Fsp3) is 0.667. The first-order valence-electron chi connectivity index (χ1n) is 11.0. The Balaban J connectivity index is 2.65. The van der Waals surface area contributed by atoms with Crippen molar-refractivity contribution < 1.29 is 14.3 Å². The molecule has 170 valence electrons. The fourth-order valence-corrected chi connectivity index (χ4v) is 4.23. The van der Waals surface area contributed by atoms with Crippen LogP contribution in [-0.4, -0.2) is 38.8 Å². The van der Waals surface area contributed by atoms with Crippen LogP contribution in [0, 0.1) is 12.8 Å². The van der Waals surface area contributed by atoms with E-state index in [0.29, 0.717) is 6.79 Å². The van der Waals surface area contributed by atoms with Crippen LogP contribution >= 0.6 is 11.3 Å². The largest absolute Gasteiger partial charge is 0.356 e. The zero-order valence-corrected chi connectivity index (χ0v) is 21.8. The van der Waals surface area contributed by atoms with E-state index in [2.05, 4.69) is 56.0 Å². The first kappa shape index (κ1) is 27.0. The summed E-state index contributed by atoms with van der Waals surface area (Å²) in [5.74, 6) is 0.147. The molecule has 0 aliphatic heterocycles. The molecule has 0 radical (unpaired) electrons. The van der Waals surface area contributed by atoms with E-state index in [1.807, 2.05) is 13.8 Å². The van der Waals surface area contributed by atoms with Crippen molar-refractivity contribution in [3.8, 4) is 0 Å². The van der Waals surface area contributed by atoms with Crippen molar-refractivity contribution in [1.29, 1.82) is 0 Å². The predicted molar refractivity (Wildman–Crippen MR) is 132 cm³/mol. The molecule has 0 fully saturated rings. The van der Waals surface area contributed by atoms with Crippen molar-refractivity contribution in [2.24, 2.45) is 5.92 Å². The molecule has 0 N–H and O–H groups in total. The Labute approximate surface area is 188 Å². The Kier molecular flexibility index (Phi) is 12.6. The molecule has 4 nitrogen and oxygen atoms in total. The molecule has 1 heterocycles. The van der Waals surface area contributed by atoms with Crippen LogP contribution in [0.4, 0.5) is 0 Å². The van der Waals surface area contributed by atoms with Crippen molar-refractivity contribution in [3.63, 3.8) is 0 Å². The van der Waals surface area contributed by atoms with Crippen LogP contribution in [0.15, 0.2) is 22.6 Å². The van der Waals surface area contributed by atoms with Crippen LogP contribution in [0.2, 0.25) is 25.7 Å². The normalized spacial score (nSPS) is 15.3. The quantitative estimate of drug-likeness (QED) is 0.0957. The zero-order chi connectivity index (χ0) is 22.6. The number of carbonyl (C=O) groups is 1. The highest BCUT2D eigenvalue weighted by molar-refractivity contribution is 7.09. The number of aryl methyl sites for hydroxylation is 1. The minimum Gasteiger partial charge on any atom is -0.356 e. The molecule has 0 aromatic carbocycles. The molecule has 1 aromatic rings. The third kappa shape index (κ3) is 12.6. The van der Waals surface area contributed by atoms with Gasteiger partial charge in [-0.1, -0.05) is 38.2 Å². The van der Waals surface area contributed by atoms with Gasteiger partial charge in [0, 0.05) is 26.0 Å². The number of nitrogens with zero attached hydrogens (tertiary/aromatic N) is 1. The molecule has 0 spiro atoms. The molecule has 30 heavy (non-hydrogen) atoms. The number of allylic oxidation sites excluding steroid dienone is 1. The van der Waals surface area contributed by atoms with E-state index in [1.54, 1.807) is 11.3 Å². The van der Waals surface area contributed by atoms with Gasteiger partial charge in [0.1, 0.15) is 13.1 Å². The Morgan fingerprint density at radius 3 is 2.63 bits per heavy atom. The second-order valence-electron chi connectivity index (χ2n) is 9.46. The number of hydrogen-bond donors (Lipinski definition) is 0. The molecular weight excluding hydrogens is 410 g/mol. The molecule has 1 rings (SSSR count). The third-order valence-corrected chi connectivity index (χ3v) is 7.51. The van der Waals surface area contributed by atoms with Crippen LogP contribution in [0.3, 0.4) is 0 Å². The maximum Gasteiger partial charge on any atom is 0.147 e. The average Bonchev–Trinajstić information content (AvgIpc) is 3.07. The van der Waals surface area contributed by atoms with E-state index in [-0.39, 0.29) is 12.0 Å². The van der Waals surface area contributed by atoms with Crippen molar-refractivity contribution >= 4 is 31.8 Å². The summed E-state index contributed by atoms with van der Waals surface area (Å²) in [5.41, 5.74) is 3.50. The average molecular weight is 452 g/mol. The number of ether oxygens (including phenoxy) is 2. The smallest absolute Gasteiger partial charge is 0.147 e. The lowest BCUT2D eigenvalue weighted by Crippen LogP contribution is -2.23. The maximum absolute atomic E-state index is 10.8. The molecule has 0 amide bonds. The lowest BCUT2D eigenvalue weighted by atomic mass is 10.0. The lowest BCUT2D eigenvalue weighted by Gasteiger charge is -2.19. The summed E-state index contributed by atoms with van der Waals surface area (Å²) < 4.78 is 11.9. The van der Waals surface area contributed by atoms with E-state index in [1.165, 1.54) is 5.57 Å². The predicted octanol–water partition coefficient (Wildman–Crippen LogP) is 6.89. The molecule has 0 bridgehead atoms. The Morgan fingerprint density at radius 1 is 1.30 bits per heavy atom. The summed E-state index contributed by atoms with van der Waals surface area (Å²) >= 11 is 1.66. The van der Waals surface area contributed by atoms with Crippen LogP contribution in [0.25, 0.3) is 6.08 Å². The van der Waals surface area contributed by atoms with Crippen LogP contribution in [0.5, 0.6) is 0 Å². The SMILES string of the molecule is CC(=CC[C@H](OCOCC[Si](C)(C)C)C(C)=Cc1csc(C)n1)CCC[C@H](C)C=O. The van der Waals surface area contributed by atoms with Gasteiger partial charge >= 0.3 is 0 Å². The minimum absolute atomic E-state index is 0.0252. The van der Waals surface area contributed by atoms with E-state index in [4.69, 9.17) is 9.47 Å². The van der Waals surface area contributed by atoms with Crippen LogP contribution < -0.4 is 0 Å². The van der Waals surface area contributed by atoms with Gasteiger partial charge in [0.05, 0.1) is 16.8 Å². The molecule has 2 atom stereocenters. The molecule has 0 aliphatic rings.